The molecule has 2 N–H and O–H groups in total. The summed E-state index contributed by atoms with van der Waals surface area (Å²) < 4.78 is 25.0. The summed E-state index contributed by atoms with van der Waals surface area (Å²) in [6, 6.07) is 1.34. The van der Waals surface area contributed by atoms with Crippen LogP contribution >= 0.6 is 22.6 Å². The number of anilines is 1. The normalized spacial score (nSPS) is 10.8. The lowest BCUT2D eigenvalue weighted by atomic mass is 10.2. The molecule has 0 fully saturated rings. The van der Waals surface area contributed by atoms with Crippen LogP contribution in [-0.4, -0.2) is 4.98 Å². The lowest BCUT2D eigenvalue weighted by Crippen LogP contribution is -2.01. The van der Waals surface area contributed by atoms with E-state index < -0.39 is 6.43 Å². The molecule has 0 aromatic carbocycles. The second-order valence-corrected chi connectivity index (χ2v) is 3.50. The molecule has 66 valence electrons. The number of hydrogen-bond donors (Lipinski definition) is 1. The van der Waals surface area contributed by atoms with Gasteiger partial charge in [0.15, 0.2) is 0 Å². The third-order valence-electron chi connectivity index (χ3n) is 1.49. The first-order valence-corrected chi connectivity index (χ1v) is 4.31. The Balaban J connectivity index is 3.21. The molecule has 0 bridgehead atoms. The molecule has 1 aromatic rings. The molecule has 0 amide bonds. The van der Waals surface area contributed by atoms with E-state index in [1.165, 1.54) is 6.07 Å². The molecule has 0 radical (unpaired) electrons. The number of halogens is 3. The molecule has 0 aliphatic rings. The molecule has 0 saturated heterocycles. The minimum atomic E-state index is -2.55. The standard InChI is InChI=1S/C7H7F2IN2/c1-3-4(10)2-5(6(8)9)12-7(3)11/h2,6H,1H3,(H2,11,12). The van der Waals surface area contributed by atoms with Crippen molar-refractivity contribution in [1.29, 1.82) is 0 Å². The molecule has 0 aliphatic carbocycles. The van der Waals surface area contributed by atoms with Crippen LogP contribution in [-0.2, 0) is 0 Å². The molecule has 0 atom stereocenters. The van der Waals surface area contributed by atoms with E-state index in [9.17, 15) is 8.78 Å². The second-order valence-electron chi connectivity index (χ2n) is 2.34. The van der Waals surface area contributed by atoms with Crippen LogP contribution in [0.4, 0.5) is 14.6 Å². The summed E-state index contributed by atoms with van der Waals surface area (Å²) in [5, 5.41) is 0. The topological polar surface area (TPSA) is 38.9 Å². The van der Waals surface area contributed by atoms with E-state index in [2.05, 4.69) is 4.98 Å². The number of nitrogens with zero attached hydrogens (tertiary/aromatic N) is 1. The van der Waals surface area contributed by atoms with E-state index >= 15 is 0 Å². The highest BCUT2D eigenvalue weighted by Gasteiger charge is 2.12. The van der Waals surface area contributed by atoms with Crippen LogP contribution < -0.4 is 5.73 Å². The fraction of sp³-hybridized carbons (Fsp3) is 0.286. The van der Waals surface area contributed by atoms with E-state index in [1.807, 2.05) is 22.6 Å². The van der Waals surface area contributed by atoms with Crippen LogP contribution in [0.3, 0.4) is 0 Å². The van der Waals surface area contributed by atoms with Crippen molar-refractivity contribution in [2.45, 2.75) is 13.3 Å². The third-order valence-corrected chi connectivity index (χ3v) is 2.61. The number of nitrogen functional groups attached to an aromatic ring is 1. The van der Waals surface area contributed by atoms with Gasteiger partial charge in [-0.05, 0) is 35.6 Å². The van der Waals surface area contributed by atoms with Crippen molar-refractivity contribution in [3.8, 4) is 0 Å². The number of hydrogen-bond acceptors (Lipinski definition) is 2. The minimum Gasteiger partial charge on any atom is -0.383 e. The highest BCUT2D eigenvalue weighted by Crippen LogP contribution is 2.23. The average Bonchev–Trinajstić information content (AvgIpc) is 1.99. The summed E-state index contributed by atoms with van der Waals surface area (Å²) in [7, 11) is 0. The van der Waals surface area contributed by atoms with Gasteiger partial charge in [0.05, 0.1) is 0 Å². The molecule has 0 spiro atoms. The van der Waals surface area contributed by atoms with E-state index in [1.54, 1.807) is 6.92 Å². The van der Waals surface area contributed by atoms with Crippen LogP contribution in [0, 0.1) is 10.5 Å². The lowest BCUT2D eigenvalue weighted by Gasteiger charge is -2.05. The van der Waals surface area contributed by atoms with Gasteiger partial charge in [0.1, 0.15) is 11.5 Å². The molecule has 2 nitrogen and oxygen atoms in total. The van der Waals surface area contributed by atoms with Gasteiger partial charge >= 0.3 is 0 Å². The molecule has 1 rings (SSSR count). The maximum atomic E-state index is 12.1. The summed E-state index contributed by atoms with van der Waals surface area (Å²) >= 11 is 1.96. The maximum absolute atomic E-state index is 12.1. The molecule has 12 heavy (non-hydrogen) atoms. The highest BCUT2D eigenvalue weighted by atomic mass is 127. The summed E-state index contributed by atoms with van der Waals surface area (Å²) in [6.45, 7) is 1.75. The first-order chi connectivity index (χ1) is 5.52. The Morgan fingerprint density at radius 3 is 2.58 bits per heavy atom. The number of nitrogens with two attached hydrogens (primary N) is 1. The van der Waals surface area contributed by atoms with Gasteiger partial charge in [-0.25, -0.2) is 13.8 Å². The van der Waals surface area contributed by atoms with Crippen molar-refractivity contribution in [2.24, 2.45) is 0 Å². The quantitative estimate of drug-likeness (QED) is 0.805. The minimum absolute atomic E-state index is 0.178. The zero-order valence-corrected chi connectivity index (χ0v) is 8.47. The molecule has 0 saturated carbocycles. The smallest absolute Gasteiger partial charge is 0.280 e. The van der Waals surface area contributed by atoms with Crippen molar-refractivity contribution in [1.82, 2.24) is 4.98 Å². The monoisotopic (exact) mass is 284 g/mol. The highest BCUT2D eigenvalue weighted by molar-refractivity contribution is 14.1. The van der Waals surface area contributed by atoms with Crippen LogP contribution in [0.1, 0.15) is 17.7 Å². The van der Waals surface area contributed by atoms with Gasteiger partial charge in [-0.1, -0.05) is 0 Å². The van der Waals surface area contributed by atoms with Crippen molar-refractivity contribution in [3.63, 3.8) is 0 Å². The van der Waals surface area contributed by atoms with E-state index in [-0.39, 0.29) is 11.5 Å². The molecule has 0 unspecified atom stereocenters. The van der Waals surface area contributed by atoms with Crippen molar-refractivity contribution in [3.05, 3.63) is 20.9 Å². The summed E-state index contributed by atoms with van der Waals surface area (Å²) in [4.78, 5) is 3.56. The summed E-state index contributed by atoms with van der Waals surface area (Å²) in [6.07, 6.45) is -2.55. The predicted molar refractivity (Wildman–Crippen MR) is 51.1 cm³/mol. The lowest BCUT2D eigenvalue weighted by molar-refractivity contribution is 0.146. The van der Waals surface area contributed by atoms with E-state index in [0.29, 0.717) is 0 Å². The van der Waals surface area contributed by atoms with Gasteiger partial charge in [-0.3, -0.25) is 0 Å². The maximum Gasteiger partial charge on any atom is 0.280 e. The van der Waals surface area contributed by atoms with Crippen LogP contribution in [0.5, 0.6) is 0 Å². The van der Waals surface area contributed by atoms with Gasteiger partial charge in [0.2, 0.25) is 0 Å². The molecule has 1 aromatic heterocycles. The summed E-state index contributed by atoms with van der Waals surface area (Å²) in [5.74, 6) is 0.178. The number of rotatable bonds is 1. The van der Waals surface area contributed by atoms with Crippen LogP contribution in [0.15, 0.2) is 6.07 Å². The van der Waals surface area contributed by atoms with Gasteiger partial charge in [0.25, 0.3) is 6.43 Å². The van der Waals surface area contributed by atoms with E-state index in [0.717, 1.165) is 9.13 Å². The average molecular weight is 284 g/mol. The summed E-state index contributed by atoms with van der Waals surface area (Å²) in [5.41, 5.74) is 5.90. The fourth-order valence-corrected chi connectivity index (χ4v) is 1.32. The van der Waals surface area contributed by atoms with Gasteiger partial charge in [0, 0.05) is 9.13 Å². The second kappa shape index (κ2) is 3.51. The Morgan fingerprint density at radius 2 is 2.17 bits per heavy atom. The Kier molecular flexibility index (Phi) is 2.81. The van der Waals surface area contributed by atoms with Crippen LogP contribution in [0.25, 0.3) is 0 Å². The van der Waals surface area contributed by atoms with Crippen LogP contribution in [0.2, 0.25) is 0 Å². The first-order valence-electron chi connectivity index (χ1n) is 3.23. The van der Waals surface area contributed by atoms with Gasteiger partial charge < -0.3 is 5.73 Å². The Morgan fingerprint density at radius 1 is 1.58 bits per heavy atom. The zero-order chi connectivity index (χ0) is 9.30. The third kappa shape index (κ3) is 1.82. The fourth-order valence-electron chi connectivity index (χ4n) is 0.727. The molecule has 1 heterocycles. The number of pyridine rings is 1. The number of alkyl halides is 2. The molecule has 5 heteroatoms. The first kappa shape index (κ1) is 9.63. The van der Waals surface area contributed by atoms with Crippen molar-refractivity contribution in [2.75, 3.05) is 5.73 Å². The van der Waals surface area contributed by atoms with Gasteiger partial charge in [-0.2, -0.15) is 0 Å². The van der Waals surface area contributed by atoms with E-state index in [4.69, 9.17) is 5.73 Å². The Bertz CT molecular complexity index is 278. The largest absolute Gasteiger partial charge is 0.383 e. The Hall–Kier alpha value is -0.460. The predicted octanol–water partition coefficient (Wildman–Crippen LogP) is 2.51. The molecular weight excluding hydrogens is 277 g/mol. The number of aromatic nitrogens is 1. The van der Waals surface area contributed by atoms with Crippen molar-refractivity contribution >= 4 is 28.4 Å². The Labute approximate surface area is 82.3 Å². The van der Waals surface area contributed by atoms with Gasteiger partial charge in [-0.15, -0.1) is 0 Å². The zero-order valence-electron chi connectivity index (χ0n) is 6.31. The SMILES string of the molecule is Cc1c(I)cc(C(F)F)nc1N. The molecular formula is C7H7F2IN2. The van der Waals surface area contributed by atoms with Crippen molar-refractivity contribution < 1.29 is 8.78 Å². The molecule has 0 aliphatic heterocycles.